The molecular formula is C9H13N3. The first-order chi connectivity index (χ1) is 5.66. The van der Waals surface area contributed by atoms with Crippen LogP contribution in [0, 0.1) is 13.1 Å². The van der Waals surface area contributed by atoms with E-state index >= 15 is 0 Å². The van der Waals surface area contributed by atoms with Crippen LogP contribution in [-0.2, 0) is 0 Å². The summed E-state index contributed by atoms with van der Waals surface area (Å²) in [5, 5.41) is 0. The van der Waals surface area contributed by atoms with Crippen molar-refractivity contribution in [2.75, 3.05) is 6.67 Å². The van der Waals surface area contributed by atoms with Crippen LogP contribution in [0.5, 0.6) is 0 Å². The Bertz CT molecular complexity index is 239. The van der Waals surface area contributed by atoms with Crippen LogP contribution in [0.3, 0.4) is 0 Å². The van der Waals surface area contributed by atoms with Gasteiger partial charge in [0.2, 0.25) is 0 Å². The first-order valence-corrected chi connectivity index (χ1v) is 4.15. The van der Waals surface area contributed by atoms with E-state index in [1.165, 1.54) is 0 Å². The van der Waals surface area contributed by atoms with Crippen LogP contribution in [0.1, 0.15) is 26.7 Å². The first kappa shape index (κ1) is 9.03. The molecule has 0 spiro atoms. The molecule has 0 heterocycles. The SMILES string of the molecule is [C-]#[N+]CN(C(C)C)C1([N+]#[C-])CC1. The van der Waals surface area contributed by atoms with Crippen molar-refractivity contribution in [3.63, 3.8) is 0 Å². The lowest BCUT2D eigenvalue weighted by Crippen LogP contribution is -2.40. The molecule has 1 fully saturated rings. The maximum Gasteiger partial charge on any atom is 0.295 e. The quantitative estimate of drug-likeness (QED) is 0.579. The smallest absolute Gasteiger partial charge is 0.295 e. The van der Waals surface area contributed by atoms with Gasteiger partial charge in [-0.25, -0.2) is 13.1 Å². The van der Waals surface area contributed by atoms with Crippen molar-refractivity contribution >= 4 is 0 Å². The van der Waals surface area contributed by atoms with E-state index < -0.39 is 0 Å². The van der Waals surface area contributed by atoms with Gasteiger partial charge in [-0.1, -0.05) is 0 Å². The molecule has 1 rings (SSSR count). The average Bonchev–Trinajstić information content (AvgIpc) is 2.80. The lowest BCUT2D eigenvalue weighted by atomic mass is 10.3. The molecule has 3 heteroatoms. The third-order valence-electron chi connectivity index (χ3n) is 2.29. The van der Waals surface area contributed by atoms with Gasteiger partial charge < -0.3 is 0 Å². The first-order valence-electron chi connectivity index (χ1n) is 4.15. The van der Waals surface area contributed by atoms with Crippen molar-refractivity contribution < 1.29 is 0 Å². The van der Waals surface area contributed by atoms with Gasteiger partial charge in [-0.15, -0.1) is 0 Å². The Kier molecular flexibility index (Phi) is 2.35. The van der Waals surface area contributed by atoms with E-state index in [0.29, 0.717) is 12.7 Å². The number of hydrogen-bond acceptors (Lipinski definition) is 1. The average molecular weight is 163 g/mol. The zero-order valence-electron chi connectivity index (χ0n) is 7.54. The largest absolute Gasteiger partial charge is 0.299 e. The summed E-state index contributed by atoms with van der Waals surface area (Å²) in [5.74, 6) is 0. The van der Waals surface area contributed by atoms with Gasteiger partial charge in [0, 0.05) is 6.04 Å². The van der Waals surface area contributed by atoms with Crippen molar-refractivity contribution in [2.24, 2.45) is 0 Å². The summed E-state index contributed by atoms with van der Waals surface area (Å²) in [6, 6.07) is 0.302. The van der Waals surface area contributed by atoms with Crippen molar-refractivity contribution in [1.29, 1.82) is 0 Å². The summed E-state index contributed by atoms with van der Waals surface area (Å²) in [5.41, 5.74) is -0.307. The van der Waals surface area contributed by atoms with Gasteiger partial charge in [-0.05, 0) is 13.8 Å². The van der Waals surface area contributed by atoms with E-state index in [-0.39, 0.29) is 5.66 Å². The maximum atomic E-state index is 7.05. The molecule has 0 radical (unpaired) electrons. The molecule has 0 aliphatic heterocycles. The fourth-order valence-electron chi connectivity index (χ4n) is 1.43. The van der Waals surface area contributed by atoms with Gasteiger partial charge in [0.1, 0.15) is 0 Å². The molecule has 0 saturated heterocycles. The lowest BCUT2D eigenvalue weighted by molar-refractivity contribution is 0.184. The summed E-state index contributed by atoms with van der Waals surface area (Å²) < 4.78 is 0. The van der Waals surface area contributed by atoms with E-state index in [2.05, 4.69) is 9.69 Å². The molecule has 0 bridgehead atoms. The molecule has 1 saturated carbocycles. The Labute approximate surface area is 73.6 Å². The van der Waals surface area contributed by atoms with Crippen molar-refractivity contribution in [3.05, 3.63) is 22.8 Å². The monoisotopic (exact) mass is 163 g/mol. The van der Waals surface area contributed by atoms with Crippen molar-refractivity contribution in [1.82, 2.24) is 4.90 Å². The molecule has 0 N–H and O–H groups in total. The Morgan fingerprint density at radius 3 is 2.25 bits per heavy atom. The Hall–Kier alpha value is -1.06. The second-order valence-corrected chi connectivity index (χ2v) is 3.46. The zero-order valence-corrected chi connectivity index (χ0v) is 7.54. The highest BCUT2D eigenvalue weighted by Gasteiger charge is 2.58. The highest BCUT2D eigenvalue weighted by atomic mass is 15.4. The number of hydrogen-bond donors (Lipinski definition) is 0. The van der Waals surface area contributed by atoms with Gasteiger partial charge in [0.15, 0.2) is 0 Å². The van der Waals surface area contributed by atoms with Crippen LogP contribution < -0.4 is 0 Å². The van der Waals surface area contributed by atoms with E-state index in [1.54, 1.807) is 0 Å². The normalized spacial score (nSPS) is 18.8. The van der Waals surface area contributed by atoms with E-state index in [4.69, 9.17) is 13.1 Å². The van der Waals surface area contributed by atoms with Gasteiger partial charge in [-0.3, -0.25) is 9.69 Å². The third-order valence-corrected chi connectivity index (χ3v) is 2.29. The molecule has 1 aliphatic rings. The lowest BCUT2D eigenvalue weighted by Gasteiger charge is -2.21. The summed E-state index contributed by atoms with van der Waals surface area (Å²) in [7, 11) is 0. The predicted octanol–water partition coefficient (Wildman–Crippen LogP) is 1.98. The fourth-order valence-corrected chi connectivity index (χ4v) is 1.43. The van der Waals surface area contributed by atoms with Crippen LogP contribution in [0.2, 0.25) is 0 Å². The molecule has 0 atom stereocenters. The maximum absolute atomic E-state index is 7.05. The van der Waals surface area contributed by atoms with Crippen LogP contribution >= 0.6 is 0 Å². The summed E-state index contributed by atoms with van der Waals surface area (Å²) in [6.07, 6.45) is 1.87. The van der Waals surface area contributed by atoms with Crippen LogP contribution in [0.4, 0.5) is 0 Å². The molecule has 0 aromatic rings. The summed E-state index contributed by atoms with van der Waals surface area (Å²) >= 11 is 0. The van der Waals surface area contributed by atoms with E-state index in [9.17, 15) is 0 Å². The summed E-state index contributed by atoms with van der Waals surface area (Å²) in [4.78, 5) is 8.94. The van der Waals surface area contributed by atoms with Gasteiger partial charge in [0.05, 0.1) is 12.8 Å². The molecule has 12 heavy (non-hydrogen) atoms. The van der Waals surface area contributed by atoms with Gasteiger partial charge in [0.25, 0.3) is 12.3 Å². The highest BCUT2D eigenvalue weighted by molar-refractivity contribution is 5.11. The van der Waals surface area contributed by atoms with Crippen molar-refractivity contribution in [2.45, 2.75) is 38.4 Å². The van der Waals surface area contributed by atoms with Gasteiger partial charge in [-0.2, -0.15) is 4.90 Å². The summed E-state index contributed by atoms with van der Waals surface area (Å²) in [6.45, 7) is 18.3. The minimum absolute atomic E-state index is 0.302. The molecule has 1 aliphatic carbocycles. The second-order valence-electron chi connectivity index (χ2n) is 3.46. The molecule has 64 valence electrons. The van der Waals surface area contributed by atoms with Crippen LogP contribution in [0.25, 0.3) is 9.69 Å². The minimum Gasteiger partial charge on any atom is -0.299 e. The number of rotatable bonds is 3. The molecule has 0 aromatic carbocycles. The Morgan fingerprint density at radius 2 is 2.00 bits per heavy atom. The molecule has 0 unspecified atom stereocenters. The van der Waals surface area contributed by atoms with E-state index in [0.717, 1.165) is 12.8 Å². The number of nitrogens with zero attached hydrogens (tertiary/aromatic N) is 3. The zero-order chi connectivity index (χ0) is 9.19. The minimum atomic E-state index is -0.307. The molecular weight excluding hydrogens is 150 g/mol. The topological polar surface area (TPSA) is 12.0 Å². The van der Waals surface area contributed by atoms with Crippen molar-refractivity contribution in [3.8, 4) is 0 Å². The van der Waals surface area contributed by atoms with Crippen LogP contribution in [-0.4, -0.2) is 23.3 Å². The standard InChI is InChI=1S/C9H13N3/c1-8(2)12(7-10-3)9(11-4)5-6-9/h8H,5-7H2,1-2H3. The van der Waals surface area contributed by atoms with Crippen LogP contribution in [0.15, 0.2) is 0 Å². The molecule has 0 amide bonds. The third kappa shape index (κ3) is 1.42. The van der Waals surface area contributed by atoms with Gasteiger partial charge >= 0.3 is 0 Å². The molecule has 0 aromatic heterocycles. The molecule has 3 nitrogen and oxygen atoms in total. The van der Waals surface area contributed by atoms with E-state index in [1.807, 2.05) is 18.7 Å². The Morgan fingerprint density at radius 1 is 1.42 bits per heavy atom. The predicted molar refractivity (Wildman–Crippen MR) is 47.0 cm³/mol. The highest BCUT2D eigenvalue weighted by Crippen LogP contribution is 2.44. The Balaban J connectivity index is 2.69. The fraction of sp³-hybridized carbons (Fsp3) is 0.778. The second kappa shape index (κ2) is 3.13.